The highest BCUT2D eigenvalue weighted by Gasteiger charge is 2.19. The smallest absolute Gasteiger partial charge is 0.262 e. The molecule has 8 heteroatoms. The lowest BCUT2D eigenvalue weighted by Crippen LogP contribution is -2.15. The third-order valence-corrected chi connectivity index (χ3v) is 6.67. The molecule has 0 unspecified atom stereocenters. The molecular weight excluding hydrogens is 420 g/mol. The minimum absolute atomic E-state index is 0.0231. The Kier molecular flexibility index (Phi) is 7.02. The number of anilines is 2. The maximum absolute atomic E-state index is 13.0. The van der Waals surface area contributed by atoms with E-state index in [0.717, 1.165) is 16.2 Å². The Morgan fingerprint density at radius 1 is 0.967 bits per heavy atom. The predicted molar refractivity (Wildman–Crippen MR) is 121 cm³/mol. The van der Waals surface area contributed by atoms with Crippen molar-refractivity contribution in [2.75, 3.05) is 17.1 Å². The maximum atomic E-state index is 13.0. The first-order valence-electron chi connectivity index (χ1n) is 9.13. The molecule has 3 aromatic rings. The van der Waals surface area contributed by atoms with Gasteiger partial charge in [0.25, 0.3) is 10.0 Å². The number of hydrogen-bond acceptors (Lipinski definition) is 5. The summed E-state index contributed by atoms with van der Waals surface area (Å²) in [6.07, 6.45) is 0. The Labute approximate surface area is 180 Å². The first-order chi connectivity index (χ1) is 14.4. The molecule has 1 amide bonds. The van der Waals surface area contributed by atoms with Crippen LogP contribution in [-0.4, -0.2) is 21.4 Å². The highest BCUT2D eigenvalue weighted by molar-refractivity contribution is 7.98. The van der Waals surface area contributed by atoms with Gasteiger partial charge in [-0.25, -0.2) is 8.42 Å². The summed E-state index contributed by atoms with van der Waals surface area (Å²) in [7, 11) is -2.42. The first-order valence-corrected chi connectivity index (χ1v) is 11.6. The van der Waals surface area contributed by atoms with Crippen molar-refractivity contribution in [3.05, 3.63) is 78.4 Å². The van der Waals surface area contributed by atoms with Crippen LogP contribution in [0.25, 0.3) is 0 Å². The zero-order valence-corrected chi connectivity index (χ0v) is 18.2. The van der Waals surface area contributed by atoms with Crippen LogP contribution in [0.5, 0.6) is 5.75 Å². The fourth-order valence-electron chi connectivity index (χ4n) is 2.76. The maximum Gasteiger partial charge on any atom is 0.262 e. The average Bonchev–Trinajstić information content (AvgIpc) is 2.73. The van der Waals surface area contributed by atoms with Gasteiger partial charge in [0.2, 0.25) is 5.91 Å². The summed E-state index contributed by atoms with van der Waals surface area (Å²) in [5.74, 6) is 0.774. The fraction of sp³-hybridized carbons (Fsp3) is 0.136. The number of carbonyl (C=O) groups is 1. The van der Waals surface area contributed by atoms with Crippen LogP contribution in [0, 0.1) is 0 Å². The molecule has 30 heavy (non-hydrogen) atoms. The van der Waals surface area contributed by atoms with Crippen molar-refractivity contribution in [3.8, 4) is 5.75 Å². The zero-order valence-electron chi connectivity index (χ0n) is 16.6. The van der Waals surface area contributed by atoms with Gasteiger partial charge in [-0.15, -0.1) is 11.8 Å². The van der Waals surface area contributed by atoms with Crippen molar-refractivity contribution in [3.63, 3.8) is 0 Å². The highest BCUT2D eigenvalue weighted by Crippen LogP contribution is 2.33. The minimum atomic E-state index is -3.87. The molecule has 0 aliphatic rings. The van der Waals surface area contributed by atoms with E-state index in [-0.39, 0.29) is 10.8 Å². The second-order valence-corrected chi connectivity index (χ2v) is 9.12. The Bertz CT molecular complexity index is 1130. The van der Waals surface area contributed by atoms with Crippen LogP contribution in [0.4, 0.5) is 11.4 Å². The van der Waals surface area contributed by atoms with Crippen molar-refractivity contribution < 1.29 is 17.9 Å². The summed E-state index contributed by atoms with van der Waals surface area (Å²) in [5, 5.41) is 2.59. The summed E-state index contributed by atoms with van der Waals surface area (Å²) in [6.45, 7) is 1.35. The number of amides is 1. The van der Waals surface area contributed by atoms with Gasteiger partial charge in [0, 0.05) is 17.6 Å². The molecule has 0 atom stereocenters. The number of benzene rings is 3. The van der Waals surface area contributed by atoms with E-state index >= 15 is 0 Å². The van der Waals surface area contributed by atoms with Gasteiger partial charge in [-0.1, -0.05) is 42.5 Å². The topological polar surface area (TPSA) is 84.5 Å². The number of hydrogen-bond donors (Lipinski definition) is 2. The van der Waals surface area contributed by atoms with Crippen molar-refractivity contribution in [2.45, 2.75) is 22.5 Å². The van der Waals surface area contributed by atoms with Gasteiger partial charge in [-0.2, -0.15) is 0 Å². The van der Waals surface area contributed by atoms with E-state index in [1.165, 1.54) is 32.2 Å². The van der Waals surface area contributed by atoms with Crippen molar-refractivity contribution in [2.24, 2.45) is 0 Å². The third kappa shape index (κ3) is 5.55. The van der Waals surface area contributed by atoms with Crippen LogP contribution in [0.15, 0.2) is 82.6 Å². The lowest BCUT2D eigenvalue weighted by Gasteiger charge is -2.14. The van der Waals surface area contributed by atoms with Crippen LogP contribution in [0.2, 0.25) is 0 Å². The standard InChI is InChI=1S/C22H22N2O4S2/c1-16(25)23-20-14-18(12-13-21(20)28-2)30(26,27)24-19-10-6-7-11-22(19)29-15-17-8-4-3-5-9-17/h3-14,24H,15H2,1-2H3,(H,23,25). The molecule has 0 aliphatic heterocycles. The van der Waals surface area contributed by atoms with E-state index < -0.39 is 10.0 Å². The number of nitrogens with one attached hydrogen (secondary N) is 2. The summed E-state index contributed by atoms with van der Waals surface area (Å²) >= 11 is 1.55. The van der Waals surface area contributed by atoms with Crippen LogP contribution in [0.3, 0.4) is 0 Å². The summed E-state index contributed by atoms with van der Waals surface area (Å²) in [6, 6.07) is 21.5. The lowest BCUT2D eigenvalue weighted by atomic mass is 10.2. The summed E-state index contributed by atoms with van der Waals surface area (Å²) < 4.78 is 33.8. The van der Waals surface area contributed by atoms with E-state index in [0.29, 0.717) is 17.1 Å². The quantitative estimate of drug-likeness (QED) is 0.492. The van der Waals surface area contributed by atoms with Crippen molar-refractivity contribution >= 4 is 39.1 Å². The second kappa shape index (κ2) is 9.69. The normalized spacial score (nSPS) is 11.0. The van der Waals surface area contributed by atoms with Gasteiger partial charge in [-0.3, -0.25) is 9.52 Å². The molecule has 0 saturated carbocycles. The van der Waals surface area contributed by atoms with E-state index in [4.69, 9.17) is 4.74 Å². The monoisotopic (exact) mass is 442 g/mol. The number of sulfonamides is 1. The third-order valence-electron chi connectivity index (χ3n) is 4.16. The van der Waals surface area contributed by atoms with Crippen molar-refractivity contribution in [1.29, 1.82) is 0 Å². The van der Waals surface area contributed by atoms with Crippen LogP contribution >= 0.6 is 11.8 Å². The Morgan fingerprint density at radius 3 is 2.37 bits per heavy atom. The molecule has 6 nitrogen and oxygen atoms in total. The van der Waals surface area contributed by atoms with Crippen LogP contribution in [-0.2, 0) is 20.6 Å². The molecule has 0 aromatic heterocycles. The first kappa shape index (κ1) is 21.7. The number of carbonyl (C=O) groups excluding carboxylic acids is 1. The van der Waals surface area contributed by atoms with Gasteiger partial charge in [0.15, 0.2) is 0 Å². The summed E-state index contributed by atoms with van der Waals surface area (Å²) in [5.41, 5.74) is 1.94. The lowest BCUT2D eigenvalue weighted by molar-refractivity contribution is -0.114. The Morgan fingerprint density at radius 2 is 1.67 bits per heavy atom. The molecular formula is C22H22N2O4S2. The number of ether oxygens (including phenoxy) is 1. The predicted octanol–water partition coefficient (Wildman–Crippen LogP) is 4.75. The molecule has 0 fully saturated rings. The minimum Gasteiger partial charge on any atom is -0.495 e. The highest BCUT2D eigenvalue weighted by atomic mass is 32.2. The second-order valence-electron chi connectivity index (χ2n) is 6.42. The molecule has 0 aliphatic carbocycles. The van der Waals surface area contributed by atoms with Crippen LogP contribution < -0.4 is 14.8 Å². The van der Waals surface area contributed by atoms with E-state index in [1.54, 1.807) is 23.9 Å². The molecule has 3 aromatic carbocycles. The SMILES string of the molecule is COc1ccc(S(=O)(=O)Nc2ccccc2SCc2ccccc2)cc1NC(C)=O. The molecule has 2 N–H and O–H groups in total. The molecule has 3 rings (SSSR count). The number of rotatable bonds is 8. The summed E-state index contributed by atoms with van der Waals surface area (Å²) in [4.78, 5) is 12.3. The molecule has 0 bridgehead atoms. The average molecular weight is 443 g/mol. The van der Waals surface area contributed by atoms with Gasteiger partial charge >= 0.3 is 0 Å². The molecule has 0 heterocycles. The number of thioether (sulfide) groups is 1. The van der Waals surface area contributed by atoms with Gasteiger partial charge < -0.3 is 10.1 Å². The molecule has 0 radical (unpaired) electrons. The fourth-order valence-corrected chi connectivity index (χ4v) is 4.89. The van der Waals surface area contributed by atoms with E-state index in [9.17, 15) is 13.2 Å². The molecule has 156 valence electrons. The van der Waals surface area contributed by atoms with E-state index in [1.807, 2.05) is 42.5 Å². The zero-order chi connectivity index (χ0) is 21.6. The van der Waals surface area contributed by atoms with E-state index in [2.05, 4.69) is 10.0 Å². The van der Waals surface area contributed by atoms with Gasteiger partial charge in [0.1, 0.15) is 5.75 Å². The number of methoxy groups -OCH3 is 1. The number of para-hydroxylation sites is 1. The van der Waals surface area contributed by atoms with Gasteiger partial charge in [0.05, 0.1) is 23.4 Å². The van der Waals surface area contributed by atoms with Gasteiger partial charge in [-0.05, 0) is 35.9 Å². The molecule has 0 saturated heterocycles. The van der Waals surface area contributed by atoms with Crippen molar-refractivity contribution in [1.82, 2.24) is 0 Å². The molecule has 0 spiro atoms. The Balaban J connectivity index is 1.84. The van der Waals surface area contributed by atoms with Crippen LogP contribution in [0.1, 0.15) is 12.5 Å². The Hall–Kier alpha value is -2.97. The largest absolute Gasteiger partial charge is 0.495 e.